The summed E-state index contributed by atoms with van der Waals surface area (Å²) in [5.41, 5.74) is 3.12. The Kier molecular flexibility index (Phi) is 6.56. The summed E-state index contributed by atoms with van der Waals surface area (Å²) in [4.78, 5) is 33.7. The Balaban J connectivity index is 1.27. The van der Waals surface area contributed by atoms with E-state index in [1.54, 1.807) is 22.9 Å². The van der Waals surface area contributed by atoms with Crippen molar-refractivity contribution in [1.29, 1.82) is 0 Å². The Labute approximate surface area is 225 Å². The van der Waals surface area contributed by atoms with Crippen LogP contribution in [0.2, 0.25) is 0 Å². The molecular formula is C29H32N6O4. The fourth-order valence-corrected chi connectivity index (χ4v) is 5.33. The molecule has 2 aliphatic rings. The summed E-state index contributed by atoms with van der Waals surface area (Å²) in [6.45, 7) is 1.95. The molecule has 3 N–H and O–H groups in total. The molecule has 39 heavy (non-hydrogen) atoms. The maximum atomic E-state index is 13.5. The molecule has 2 fully saturated rings. The lowest BCUT2D eigenvalue weighted by Gasteiger charge is -2.18. The molecule has 6 rings (SSSR count). The molecule has 2 aliphatic carbocycles. The number of pyridine rings is 2. The Morgan fingerprint density at radius 2 is 1.95 bits per heavy atom. The second-order valence-corrected chi connectivity index (χ2v) is 10.6. The van der Waals surface area contributed by atoms with E-state index in [0.717, 1.165) is 48.7 Å². The summed E-state index contributed by atoms with van der Waals surface area (Å²) in [7, 11) is 1.89. The molecule has 1 amide bonds. The summed E-state index contributed by atoms with van der Waals surface area (Å²) in [6.07, 6.45) is 8.19. The third-order valence-electron chi connectivity index (χ3n) is 7.58. The van der Waals surface area contributed by atoms with Gasteiger partial charge in [-0.3, -0.25) is 9.59 Å². The van der Waals surface area contributed by atoms with Crippen molar-refractivity contribution in [3.05, 3.63) is 64.7 Å². The standard InChI is InChI=1S/C29H32N6O4/c1-17(36)31-27-14-22(10-11-30-27)39-21-8-9-23-25(13-21)34(2)29(32-23)33-24-12-20(18-6-7-18)16-35(28(24)38)15-19-4-3-5-26(19)37/h8-14,16,18-19,26,37H,3-7,15H2,1-2H3,(H,32,33)(H,30,31,36)/t19?,26-/m1/s1. The topological polar surface area (TPSA) is 123 Å². The van der Waals surface area contributed by atoms with E-state index in [1.807, 2.05) is 42.1 Å². The van der Waals surface area contributed by atoms with Gasteiger partial charge < -0.3 is 29.6 Å². The largest absolute Gasteiger partial charge is 0.457 e. The lowest BCUT2D eigenvalue weighted by molar-refractivity contribution is -0.114. The van der Waals surface area contributed by atoms with E-state index >= 15 is 0 Å². The van der Waals surface area contributed by atoms with Crippen LogP contribution in [0.25, 0.3) is 11.0 Å². The summed E-state index contributed by atoms with van der Waals surface area (Å²) in [5.74, 6) is 2.48. The number of nitrogens with one attached hydrogen (secondary N) is 2. The summed E-state index contributed by atoms with van der Waals surface area (Å²) in [6, 6.07) is 10.9. The molecule has 0 bridgehead atoms. The number of hydrogen-bond donors (Lipinski definition) is 3. The number of aryl methyl sites for hydroxylation is 1. The van der Waals surface area contributed by atoms with Gasteiger partial charge in [-0.05, 0) is 61.4 Å². The predicted octanol–water partition coefficient (Wildman–Crippen LogP) is 4.66. The zero-order chi connectivity index (χ0) is 27.1. The maximum Gasteiger partial charge on any atom is 0.274 e. The van der Waals surface area contributed by atoms with E-state index < -0.39 is 0 Å². The van der Waals surface area contributed by atoms with Crippen LogP contribution >= 0.6 is 0 Å². The van der Waals surface area contributed by atoms with Gasteiger partial charge in [-0.15, -0.1) is 0 Å². The molecular weight excluding hydrogens is 496 g/mol. The highest BCUT2D eigenvalue weighted by Gasteiger charge is 2.29. The number of carbonyl (C=O) groups is 1. The number of rotatable bonds is 8. The van der Waals surface area contributed by atoms with E-state index in [1.165, 1.54) is 6.92 Å². The monoisotopic (exact) mass is 528 g/mol. The highest BCUT2D eigenvalue weighted by molar-refractivity contribution is 5.87. The number of benzene rings is 1. The van der Waals surface area contributed by atoms with Gasteiger partial charge in [0.2, 0.25) is 11.9 Å². The number of aliphatic hydroxyl groups is 1. The van der Waals surface area contributed by atoms with Crippen molar-refractivity contribution in [3.8, 4) is 11.5 Å². The fraction of sp³-hybridized carbons (Fsp3) is 0.379. The van der Waals surface area contributed by atoms with Gasteiger partial charge in [0.15, 0.2) is 0 Å². The smallest absolute Gasteiger partial charge is 0.274 e. The molecule has 3 aromatic heterocycles. The molecule has 0 aliphatic heterocycles. The summed E-state index contributed by atoms with van der Waals surface area (Å²) < 4.78 is 9.69. The number of fused-ring (bicyclic) bond motifs is 1. The lowest BCUT2D eigenvalue weighted by Crippen LogP contribution is -2.29. The first-order chi connectivity index (χ1) is 18.8. The van der Waals surface area contributed by atoms with E-state index in [9.17, 15) is 14.7 Å². The van der Waals surface area contributed by atoms with Crippen LogP contribution in [0.1, 0.15) is 50.5 Å². The number of imidazole rings is 1. The predicted molar refractivity (Wildman–Crippen MR) is 149 cm³/mol. The van der Waals surface area contributed by atoms with E-state index in [2.05, 4.69) is 15.6 Å². The van der Waals surface area contributed by atoms with Crippen LogP contribution in [0.5, 0.6) is 11.5 Å². The molecule has 1 aromatic carbocycles. The van der Waals surface area contributed by atoms with Gasteiger partial charge in [-0.2, -0.15) is 0 Å². The number of aliphatic hydroxyl groups excluding tert-OH is 1. The summed E-state index contributed by atoms with van der Waals surface area (Å²) in [5, 5.41) is 16.3. The van der Waals surface area contributed by atoms with Crippen molar-refractivity contribution in [2.75, 3.05) is 10.6 Å². The number of amides is 1. The van der Waals surface area contributed by atoms with Gasteiger partial charge in [0.1, 0.15) is 23.0 Å². The molecule has 0 radical (unpaired) electrons. The van der Waals surface area contributed by atoms with Gasteiger partial charge >= 0.3 is 0 Å². The van der Waals surface area contributed by atoms with Gasteiger partial charge in [-0.25, -0.2) is 9.97 Å². The Morgan fingerprint density at radius 3 is 2.69 bits per heavy atom. The number of anilines is 3. The zero-order valence-corrected chi connectivity index (χ0v) is 22.1. The van der Waals surface area contributed by atoms with Crippen molar-refractivity contribution in [2.24, 2.45) is 13.0 Å². The molecule has 1 unspecified atom stereocenters. The number of hydrogen-bond acceptors (Lipinski definition) is 7. The second-order valence-electron chi connectivity index (χ2n) is 10.6. The molecule has 0 spiro atoms. The highest BCUT2D eigenvalue weighted by Crippen LogP contribution is 2.40. The van der Waals surface area contributed by atoms with Crippen LogP contribution in [0, 0.1) is 5.92 Å². The van der Waals surface area contributed by atoms with Crippen molar-refractivity contribution in [1.82, 2.24) is 19.1 Å². The fourth-order valence-electron chi connectivity index (χ4n) is 5.33. The maximum absolute atomic E-state index is 13.5. The van der Waals surface area contributed by atoms with Crippen LogP contribution < -0.4 is 20.9 Å². The average Bonchev–Trinajstić information content (AvgIpc) is 3.61. The third-order valence-corrected chi connectivity index (χ3v) is 7.58. The quantitative estimate of drug-likeness (QED) is 0.304. The Bertz CT molecular complexity index is 1610. The average molecular weight is 529 g/mol. The number of carbonyl (C=O) groups excluding carboxylic acids is 1. The zero-order valence-electron chi connectivity index (χ0n) is 22.1. The van der Waals surface area contributed by atoms with Crippen molar-refractivity contribution < 1.29 is 14.6 Å². The second kappa shape index (κ2) is 10.2. The van der Waals surface area contributed by atoms with Crippen molar-refractivity contribution in [2.45, 2.75) is 57.6 Å². The molecule has 202 valence electrons. The van der Waals surface area contributed by atoms with Crippen LogP contribution in [-0.4, -0.2) is 36.2 Å². The van der Waals surface area contributed by atoms with E-state index in [4.69, 9.17) is 9.72 Å². The van der Waals surface area contributed by atoms with E-state index in [-0.39, 0.29) is 23.5 Å². The number of ether oxygens (including phenoxy) is 1. The first-order valence-electron chi connectivity index (χ1n) is 13.4. The Morgan fingerprint density at radius 1 is 1.13 bits per heavy atom. The van der Waals surface area contributed by atoms with Gasteiger partial charge in [0.05, 0.1) is 17.1 Å². The van der Waals surface area contributed by atoms with Crippen molar-refractivity contribution >= 4 is 34.4 Å². The first-order valence-corrected chi connectivity index (χ1v) is 13.4. The number of aromatic nitrogens is 4. The van der Waals surface area contributed by atoms with Gasteiger partial charge in [0, 0.05) is 51.0 Å². The third kappa shape index (κ3) is 5.37. The Hall–Kier alpha value is -4.18. The SMILES string of the molecule is CC(=O)Nc1cc(Oc2ccc3nc(Nc4cc(C5CC5)cn(CC5CCC[C@H]5O)c4=O)n(C)c3c2)ccn1. The van der Waals surface area contributed by atoms with Crippen LogP contribution in [0.4, 0.5) is 17.5 Å². The minimum Gasteiger partial charge on any atom is -0.457 e. The lowest BCUT2D eigenvalue weighted by atomic mass is 10.1. The summed E-state index contributed by atoms with van der Waals surface area (Å²) >= 11 is 0. The van der Waals surface area contributed by atoms with E-state index in [0.29, 0.717) is 41.4 Å². The molecule has 4 aromatic rings. The van der Waals surface area contributed by atoms with Crippen LogP contribution in [-0.2, 0) is 18.4 Å². The molecule has 10 heteroatoms. The van der Waals surface area contributed by atoms with Gasteiger partial charge in [0.25, 0.3) is 5.56 Å². The normalized spacial score (nSPS) is 18.8. The molecule has 0 saturated heterocycles. The van der Waals surface area contributed by atoms with Gasteiger partial charge in [-0.1, -0.05) is 6.42 Å². The number of nitrogens with zero attached hydrogens (tertiary/aromatic N) is 4. The van der Waals surface area contributed by atoms with Crippen LogP contribution in [0.15, 0.2) is 53.6 Å². The first kappa shape index (κ1) is 25.1. The van der Waals surface area contributed by atoms with Crippen molar-refractivity contribution in [3.63, 3.8) is 0 Å². The molecule has 3 heterocycles. The van der Waals surface area contributed by atoms with Crippen LogP contribution in [0.3, 0.4) is 0 Å². The molecule has 2 saturated carbocycles. The highest BCUT2D eigenvalue weighted by atomic mass is 16.5. The minimum atomic E-state index is -0.349. The molecule has 2 atom stereocenters. The minimum absolute atomic E-state index is 0.105. The molecule has 10 nitrogen and oxygen atoms in total.